The third kappa shape index (κ3) is 5.06. The van der Waals surface area contributed by atoms with E-state index in [1.54, 1.807) is 19.9 Å². The van der Waals surface area contributed by atoms with Gasteiger partial charge in [0, 0.05) is 17.5 Å². The van der Waals surface area contributed by atoms with Crippen LogP contribution < -0.4 is 15.0 Å². The van der Waals surface area contributed by atoms with Gasteiger partial charge in [-0.1, -0.05) is 6.07 Å². The van der Waals surface area contributed by atoms with E-state index in [0.717, 1.165) is 24.3 Å². The topological polar surface area (TPSA) is 93.2 Å². The number of rotatable bonds is 5. The zero-order valence-electron chi connectivity index (χ0n) is 12.5. The summed E-state index contributed by atoms with van der Waals surface area (Å²) in [5.74, 6) is -0.633. The van der Waals surface area contributed by atoms with Crippen LogP contribution in [0.4, 0.5) is 19.1 Å². The second kappa shape index (κ2) is 6.61. The van der Waals surface area contributed by atoms with E-state index in [0.29, 0.717) is 11.4 Å². The maximum absolute atomic E-state index is 12.2. The number of hydrogen-bond donors (Lipinski definition) is 2. The molecule has 0 unspecified atom stereocenters. The molecule has 0 saturated heterocycles. The van der Waals surface area contributed by atoms with E-state index < -0.39 is 27.0 Å². The zero-order chi connectivity index (χ0) is 18.0. The van der Waals surface area contributed by atoms with Crippen molar-refractivity contribution in [3.63, 3.8) is 0 Å². The molecule has 7 nitrogen and oxygen atoms in total. The van der Waals surface area contributed by atoms with Crippen LogP contribution in [0.15, 0.2) is 35.2 Å². The van der Waals surface area contributed by atoms with Gasteiger partial charge in [-0.25, -0.2) is 18.4 Å². The normalized spacial score (nSPS) is 12.0. The van der Waals surface area contributed by atoms with E-state index in [1.165, 1.54) is 0 Å². The number of sulfonamides is 1. The number of aryl methyl sites for hydroxylation is 2. The average molecular weight is 362 g/mol. The fraction of sp³-hybridized carbons (Fsp3) is 0.231. The first-order valence-corrected chi connectivity index (χ1v) is 7.99. The Labute approximate surface area is 135 Å². The van der Waals surface area contributed by atoms with Gasteiger partial charge in [-0.15, -0.1) is 18.0 Å². The molecule has 0 amide bonds. The lowest BCUT2D eigenvalue weighted by atomic mass is 10.3. The first-order valence-electron chi connectivity index (χ1n) is 6.51. The molecule has 24 heavy (non-hydrogen) atoms. The van der Waals surface area contributed by atoms with E-state index in [9.17, 15) is 21.6 Å². The lowest BCUT2D eigenvalue weighted by Gasteiger charge is -2.12. The summed E-state index contributed by atoms with van der Waals surface area (Å²) >= 11 is 0. The summed E-state index contributed by atoms with van der Waals surface area (Å²) in [4.78, 5) is 9.53. The fourth-order valence-electron chi connectivity index (χ4n) is 1.79. The molecule has 0 aliphatic heterocycles. The number of nitrogens with zero attached hydrogens (tertiary/aromatic N) is 2. The second-order valence-electron chi connectivity index (χ2n) is 4.73. The summed E-state index contributed by atoms with van der Waals surface area (Å²) in [5.41, 5.74) is 3.54. The van der Waals surface area contributed by atoms with E-state index in [-0.39, 0.29) is 5.95 Å². The lowest BCUT2D eigenvalue weighted by molar-refractivity contribution is -0.274. The smallest absolute Gasteiger partial charge is 0.406 e. The molecule has 0 spiro atoms. The Morgan fingerprint density at radius 2 is 1.71 bits per heavy atom. The van der Waals surface area contributed by atoms with E-state index >= 15 is 0 Å². The van der Waals surface area contributed by atoms with Crippen molar-refractivity contribution >= 4 is 16.0 Å². The SMILES string of the molecule is Cc1cc(C)nc(NNS(=O)(=O)c2cccc(OC(F)(F)F)c2)n1. The molecule has 0 atom stereocenters. The predicted octanol–water partition coefficient (Wildman–Crippen LogP) is 2.30. The van der Waals surface area contributed by atoms with Crippen molar-refractivity contribution in [2.75, 3.05) is 5.43 Å². The number of aromatic nitrogens is 2. The van der Waals surface area contributed by atoms with Crippen molar-refractivity contribution in [2.45, 2.75) is 25.1 Å². The Kier molecular flexibility index (Phi) is 4.94. The van der Waals surface area contributed by atoms with Crippen LogP contribution in [0.1, 0.15) is 11.4 Å². The summed E-state index contributed by atoms with van der Waals surface area (Å²) in [7, 11) is -4.15. The van der Waals surface area contributed by atoms with Gasteiger partial charge < -0.3 is 4.74 Å². The van der Waals surface area contributed by atoms with Gasteiger partial charge >= 0.3 is 6.36 Å². The van der Waals surface area contributed by atoms with Gasteiger partial charge in [0.15, 0.2) is 0 Å². The molecule has 0 saturated carbocycles. The number of ether oxygens (including phenoxy) is 1. The molecular formula is C13H13F3N4O3S. The molecular weight excluding hydrogens is 349 g/mol. The van der Waals surface area contributed by atoms with Crippen LogP contribution in [0.2, 0.25) is 0 Å². The average Bonchev–Trinajstić information content (AvgIpc) is 2.43. The predicted molar refractivity (Wildman–Crippen MR) is 78.6 cm³/mol. The maximum Gasteiger partial charge on any atom is 0.573 e. The Morgan fingerprint density at radius 1 is 1.08 bits per heavy atom. The summed E-state index contributed by atoms with van der Waals surface area (Å²) in [5, 5.41) is 0. The molecule has 2 rings (SSSR count). The van der Waals surface area contributed by atoms with Crippen molar-refractivity contribution in [1.82, 2.24) is 14.8 Å². The molecule has 2 N–H and O–H groups in total. The van der Waals surface area contributed by atoms with Gasteiger partial charge in [-0.05, 0) is 32.0 Å². The van der Waals surface area contributed by atoms with Crippen molar-refractivity contribution in [3.05, 3.63) is 41.7 Å². The van der Waals surface area contributed by atoms with Crippen molar-refractivity contribution in [2.24, 2.45) is 0 Å². The van der Waals surface area contributed by atoms with Gasteiger partial charge in [0.2, 0.25) is 5.95 Å². The molecule has 0 fully saturated rings. The minimum Gasteiger partial charge on any atom is -0.406 e. The maximum atomic E-state index is 12.2. The molecule has 0 aliphatic rings. The summed E-state index contributed by atoms with van der Waals surface area (Å²) in [6.45, 7) is 3.40. The molecule has 0 radical (unpaired) electrons. The van der Waals surface area contributed by atoms with Gasteiger partial charge in [0.1, 0.15) is 5.75 Å². The van der Waals surface area contributed by atoms with Crippen molar-refractivity contribution < 1.29 is 26.3 Å². The Hall–Kier alpha value is -2.40. The number of hydrogen-bond acceptors (Lipinski definition) is 6. The first-order chi connectivity index (χ1) is 11.0. The Balaban J connectivity index is 2.16. The first kappa shape index (κ1) is 17.9. The number of halogens is 3. The number of benzene rings is 1. The highest BCUT2D eigenvalue weighted by Gasteiger charge is 2.31. The highest BCUT2D eigenvalue weighted by Crippen LogP contribution is 2.24. The highest BCUT2D eigenvalue weighted by atomic mass is 32.2. The van der Waals surface area contributed by atoms with Crippen LogP contribution in [0.3, 0.4) is 0 Å². The second-order valence-corrected chi connectivity index (χ2v) is 6.41. The van der Waals surface area contributed by atoms with Crippen LogP contribution in [-0.2, 0) is 10.0 Å². The molecule has 0 aliphatic carbocycles. The molecule has 130 valence electrons. The third-order valence-corrected chi connectivity index (χ3v) is 3.87. The standard InChI is InChI=1S/C13H13F3N4O3S/c1-8-6-9(2)18-12(17-8)19-20-24(21,22)11-5-3-4-10(7-11)23-13(14,15)16/h3-7,20H,1-2H3,(H,17,18,19). The largest absolute Gasteiger partial charge is 0.573 e. The number of alkyl halides is 3. The molecule has 2 aromatic rings. The minimum atomic E-state index is -4.92. The van der Waals surface area contributed by atoms with Crippen LogP contribution in [0.5, 0.6) is 5.75 Å². The fourth-order valence-corrected chi connectivity index (χ4v) is 2.66. The van der Waals surface area contributed by atoms with Gasteiger partial charge in [0.25, 0.3) is 10.0 Å². The van der Waals surface area contributed by atoms with Crippen molar-refractivity contribution in [3.8, 4) is 5.75 Å². The number of anilines is 1. The summed E-state index contributed by atoms with van der Waals surface area (Å²) in [6.07, 6.45) is -4.92. The quantitative estimate of drug-likeness (QED) is 0.793. The summed E-state index contributed by atoms with van der Waals surface area (Å²) < 4.78 is 64.5. The van der Waals surface area contributed by atoms with Crippen LogP contribution in [-0.4, -0.2) is 24.7 Å². The Morgan fingerprint density at radius 3 is 2.29 bits per heavy atom. The number of hydrazine groups is 1. The van der Waals surface area contributed by atoms with E-state index in [4.69, 9.17) is 0 Å². The van der Waals surface area contributed by atoms with Crippen LogP contribution in [0.25, 0.3) is 0 Å². The lowest BCUT2D eigenvalue weighted by Crippen LogP contribution is -2.30. The van der Waals surface area contributed by atoms with Gasteiger partial charge in [-0.2, -0.15) is 0 Å². The van der Waals surface area contributed by atoms with E-state index in [1.807, 2.05) is 4.83 Å². The van der Waals surface area contributed by atoms with Crippen LogP contribution >= 0.6 is 0 Å². The van der Waals surface area contributed by atoms with Gasteiger partial charge in [-0.3, -0.25) is 5.43 Å². The molecule has 1 heterocycles. The number of nitrogens with one attached hydrogen (secondary N) is 2. The minimum absolute atomic E-state index is 0.0128. The Bertz CT molecular complexity index is 820. The zero-order valence-corrected chi connectivity index (χ0v) is 13.4. The molecule has 1 aromatic carbocycles. The molecule has 0 bridgehead atoms. The third-order valence-electron chi connectivity index (χ3n) is 2.63. The van der Waals surface area contributed by atoms with Crippen molar-refractivity contribution in [1.29, 1.82) is 0 Å². The van der Waals surface area contributed by atoms with Gasteiger partial charge in [0.05, 0.1) is 4.90 Å². The van der Waals surface area contributed by atoms with Crippen LogP contribution in [0, 0.1) is 13.8 Å². The summed E-state index contributed by atoms with van der Waals surface area (Å²) in [6, 6.07) is 5.68. The molecule has 1 aromatic heterocycles. The monoisotopic (exact) mass is 362 g/mol. The highest BCUT2D eigenvalue weighted by molar-refractivity contribution is 7.89. The molecule has 11 heteroatoms. The van der Waals surface area contributed by atoms with E-state index in [2.05, 4.69) is 20.1 Å².